The Hall–Kier alpha value is -1.83. The quantitative estimate of drug-likeness (QED) is 0.670. The van der Waals surface area contributed by atoms with Crippen molar-refractivity contribution in [1.82, 2.24) is 20.0 Å². The third kappa shape index (κ3) is 4.24. The first-order valence-corrected chi connectivity index (χ1v) is 13.0. The highest BCUT2D eigenvalue weighted by Crippen LogP contribution is 2.60. The third-order valence-corrected chi connectivity index (χ3v) is 9.29. The number of urea groups is 1. The van der Waals surface area contributed by atoms with Crippen LogP contribution in [-0.2, 0) is 9.59 Å². The van der Waals surface area contributed by atoms with Crippen molar-refractivity contribution in [3.8, 4) is 0 Å². The average Bonchev–Trinajstić information content (AvgIpc) is 2.81. The van der Waals surface area contributed by atoms with E-state index in [0.29, 0.717) is 38.4 Å². The summed E-state index contributed by atoms with van der Waals surface area (Å²) in [6, 6.07) is 0.0450. The number of nitrogens with zero attached hydrogens (tertiary/aromatic N) is 3. The van der Waals surface area contributed by atoms with E-state index in [1.165, 1.54) is 0 Å². The lowest BCUT2D eigenvalue weighted by Gasteiger charge is -2.58. The molecule has 6 fully saturated rings. The molecule has 4 unspecified atom stereocenters. The normalized spacial score (nSPS) is 38.3. The van der Waals surface area contributed by atoms with Gasteiger partial charge in [-0.2, -0.15) is 0 Å². The fourth-order valence-corrected chi connectivity index (χ4v) is 7.77. The molecule has 33 heavy (non-hydrogen) atoms. The molecule has 6 atom stereocenters. The molecule has 4 amide bonds. The fraction of sp³-hybridized carbons (Fsp3) is 0.880. The molecule has 2 N–H and O–H groups in total. The summed E-state index contributed by atoms with van der Waals surface area (Å²) in [5.74, 6) is 1.48. The monoisotopic (exact) mass is 460 g/mol. The molecule has 2 heterocycles. The largest absolute Gasteiger partial charge is 0.393 e. The molecule has 6 aliphatic rings. The zero-order valence-electron chi connectivity index (χ0n) is 20.2. The second kappa shape index (κ2) is 8.75. The number of likely N-dealkylation sites (tertiary alicyclic amines) is 2. The highest BCUT2D eigenvalue weighted by atomic mass is 16.3. The molecule has 0 aromatic carbocycles. The van der Waals surface area contributed by atoms with Crippen LogP contribution in [0.3, 0.4) is 0 Å². The van der Waals surface area contributed by atoms with Crippen LogP contribution in [0.5, 0.6) is 0 Å². The van der Waals surface area contributed by atoms with E-state index in [2.05, 4.69) is 5.32 Å². The summed E-state index contributed by atoms with van der Waals surface area (Å²) in [7, 11) is 3.57. The minimum atomic E-state index is -0.303. The number of nitrogens with one attached hydrogen (secondary N) is 1. The lowest BCUT2D eigenvalue weighted by atomic mass is 9.48. The number of piperidine rings is 2. The molecule has 4 bridgehead atoms. The van der Waals surface area contributed by atoms with E-state index in [1.54, 1.807) is 19.0 Å². The van der Waals surface area contributed by atoms with Gasteiger partial charge in [-0.25, -0.2) is 4.79 Å². The number of carbonyl (C=O) groups is 3. The van der Waals surface area contributed by atoms with E-state index in [-0.39, 0.29) is 53.2 Å². The average molecular weight is 461 g/mol. The van der Waals surface area contributed by atoms with Gasteiger partial charge in [-0.1, -0.05) is 0 Å². The van der Waals surface area contributed by atoms with Crippen molar-refractivity contribution in [1.29, 1.82) is 0 Å². The van der Waals surface area contributed by atoms with Crippen molar-refractivity contribution in [2.24, 2.45) is 29.1 Å². The maximum atomic E-state index is 13.5. The minimum Gasteiger partial charge on any atom is -0.393 e. The van der Waals surface area contributed by atoms with Crippen LogP contribution in [-0.4, -0.2) is 90.1 Å². The molecule has 8 nitrogen and oxygen atoms in total. The molecule has 0 aromatic heterocycles. The minimum absolute atomic E-state index is 0.000913. The Labute approximate surface area is 197 Å². The number of hydrogen-bond acceptors (Lipinski definition) is 4. The van der Waals surface area contributed by atoms with Crippen molar-refractivity contribution < 1.29 is 19.5 Å². The summed E-state index contributed by atoms with van der Waals surface area (Å²) < 4.78 is 0. The number of carbonyl (C=O) groups excluding carboxylic acids is 3. The summed E-state index contributed by atoms with van der Waals surface area (Å²) >= 11 is 0. The van der Waals surface area contributed by atoms with Gasteiger partial charge in [0.05, 0.1) is 11.5 Å². The van der Waals surface area contributed by atoms with Crippen LogP contribution in [0.2, 0.25) is 0 Å². The smallest absolute Gasteiger partial charge is 0.320 e. The highest BCUT2D eigenvalue weighted by molar-refractivity contribution is 5.84. The lowest BCUT2D eigenvalue weighted by Crippen LogP contribution is -2.61. The first-order chi connectivity index (χ1) is 15.8. The van der Waals surface area contributed by atoms with Crippen molar-refractivity contribution >= 4 is 17.8 Å². The van der Waals surface area contributed by atoms with Gasteiger partial charge >= 0.3 is 6.03 Å². The second-order valence-electron chi connectivity index (χ2n) is 11.8. The van der Waals surface area contributed by atoms with E-state index < -0.39 is 0 Å². The number of hydrogen-bond donors (Lipinski definition) is 2. The van der Waals surface area contributed by atoms with Crippen LogP contribution in [0.25, 0.3) is 0 Å². The molecular weight excluding hydrogens is 420 g/mol. The Morgan fingerprint density at radius 2 is 1.61 bits per heavy atom. The predicted molar refractivity (Wildman–Crippen MR) is 123 cm³/mol. The van der Waals surface area contributed by atoms with Crippen molar-refractivity contribution in [3.05, 3.63) is 0 Å². The molecule has 2 aliphatic heterocycles. The van der Waals surface area contributed by atoms with Crippen LogP contribution < -0.4 is 5.32 Å². The Morgan fingerprint density at radius 1 is 0.939 bits per heavy atom. The SMILES string of the molecule is CN(C)C(=O)C1CCN(C(=O)N2CCC[C@H](NC(=O)C34CC5CC(C3)C(O)[C@H](C5)C4)C2)CC1. The molecule has 184 valence electrons. The Bertz CT molecular complexity index is 777. The molecule has 6 rings (SSSR count). The third-order valence-electron chi connectivity index (χ3n) is 9.29. The first kappa shape index (κ1) is 22.9. The second-order valence-corrected chi connectivity index (χ2v) is 11.8. The number of rotatable bonds is 3. The maximum absolute atomic E-state index is 13.5. The first-order valence-electron chi connectivity index (χ1n) is 13.0. The number of amides is 4. The van der Waals surface area contributed by atoms with Crippen LogP contribution >= 0.6 is 0 Å². The molecule has 0 radical (unpaired) electrons. The zero-order chi connectivity index (χ0) is 23.3. The summed E-state index contributed by atoms with van der Waals surface area (Å²) in [6.07, 6.45) is 7.78. The summed E-state index contributed by atoms with van der Waals surface area (Å²) in [4.78, 5) is 44.3. The zero-order valence-corrected chi connectivity index (χ0v) is 20.2. The van der Waals surface area contributed by atoms with Crippen LogP contribution in [0.15, 0.2) is 0 Å². The fourth-order valence-electron chi connectivity index (χ4n) is 7.77. The van der Waals surface area contributed by atoms with E-state index in [1.807, 2.05) is 9.80 Å². The van der Waals surface area contributed by atoms with Gasteiger partial charge in [-0.15, -0.1) is 0 Å². The summed E-state index contributed by atoms with van der Waals surface area (Å²) in [6.45, 7) is 2.53. The topological polar surface area (TPSA) is 93.2 Å². The molecule has 4 aliphatic carbocycles. The molecular formula is C25H40N4O4. The van der Waals surface area contributed by atoms with E-state index >= 15 is 0 Å². The van der Waals surface area contributed by atoms with Gasteiger partial charge in [-0.05, 0) is 75.5 Å². The van der Waals surface area contributed by atoms with E-state index in [0.717, 1.165) is 51.5 Å². The highest BCUT2D eigenvalue weighted by Gasteiger charge is 2.58. The number of aliphatic hydroxyl groups excluding tert-OH is 1. The van der Waals surface area contributed by atoms with E-state index in [4.69, 9.17) is 0 Å². The molecule has 0 spiro atoms. The maximum Gasteiger partial charge on any atom is 0.320 e. The molecule has 8 heteroatoms. The molecule has 4 saturated carbocycles. The summed E-state index contributed by atoms with van der Waals surface area (Å²) in [5, 5.41) is 13.9. The van der Waals surface area contributed by atoms with Gasteiger partial charge in [0.1, 0.15) is 0 Å². The van der Waals surface area contributed by atoms with Gasteiger partial charge < -0.3 is 25.1 Å². The Balaban J connectivity index is 1.15. The van der Waals surface area contributed by atoms with Gasteiger partial charge in [0.25, 0.3) is 0 Å². The van der Waals surface area contributed by atoms with Gasteiger partial charge in [0, 0.05) is 52.2 Å². The van der Waals surface area contributed by atoms with Crippen LogP contribution in [0, 0.1) is 29.1 Å². The lowest BCUT2D eigenvalue weighted by molar-refractivity contribution is -0.164. The van der Waals surface area contributed by atoms with Gasteiger partial charge in [-0.3, -0.25) is 9.59 Å². The number of aliphatic hydroxyl groups is 1. The Morgan fingerprint density at radius 3 is 2.24 bits per heavy atom. The van der Waals surface area contributed by atoms with Crippen LogP contribution in [0.4, 0.5) is 4.79 Å². The van der Waals surface area contributed by atoms with Crippen molar-refractivity contribution in [2.45, 2.75) is 69.9 Å². The van der Waals surface area contributed by atoms with Crippen molar-refractivity contribution in [3.63, 3.8) is 0 Å². The van der Waals surface area contributed by atoms with Crippen molar-refractivity contribution in [2.75, 3.05) is 40.3 Å². The predicted octanol–water partition coefficient (Wildman–Crippen LogP) is 1.67. The van der Waals surface area contributed by atoms with Gasteiger partial charge in [0.15, 0.2) is 0 Å². The van der Waals surface area contributed by atoms with Gasteiger partial charge in [0.2, 0.25) is 11.8 Å². The standard InChI is InChI=1S/C25H40N4O4/c1-27(2)22(31)17-5-8-28(9-6-17)24(33)29-7-3-4-20(15-29)26-23(32)25-12-16-10-18(13-25)21(30)19(11-16)14-25/h16-21,30H,3-15H2,1-2H3,(H,26,32)/t16?,18-,19?,20+,21?,25?/m1/s1. The Kier molecular flexibility index (Phi) is 6.08. The summed E-state index contributed by atoms with van der Waals surface area (Å²) in [5.41, 5.74) is -0.303. The van der Waals surface area contributed by atoms with Crippen LogP contribution in [0.1, 0.15) is 57.8 Å². The molecule has 2 saturated heterocycles. The van der Waals surface area contributed by atoms with E-state index in [9.17, 15) is 19.5 Å². The molecule has 0 aromatic rings.